The van der Waals surface area contributed by atoms with Crippen LogP contribution in [0.25, 0.3) is 0 Å². The van der Waals surface area contributed by atoms with E-state index in [9.17, 15) is 0 Å². The maximum atomic E-state index is 5.55. The molecule has 0 aliphatic heterocycles. The number of benzene rings is 1. The number of ether oxygens (including phenoxy) is 1. The van der Waals surface area contributed by atoms with Crippen molar-refractivity contribution in [2.45, 2.75) is 40.3 Å². The van der Waals surface area contributed by atoms with E-state index in [2.05, 4.69) is 50.4 Å². The van der Waals surface area contributed by atoms with Crippen LogP contribution in [0.3, 0.4) is 0 Å². The zero-order valence-corrected chi connectivity index (χ0v) is 11.3. The quantitative estimate of drug-likeness (QED) is 0.698. The fourth-order valence-corrected chi connectivity index (χ4v) is 1.67. The minimum absolute atomic E-state index is 0.700. The lowest BCUT2D eigenvalue weighted by Crippen LogP contribution is -2.18. The standard InChI is InChI=1S/C15H25NO/c1-4-8-17-12-15-7-5-6-14(9-15)11-16-10-13(2)3/h5-7,9,13,16H,4,8,10-12H2,1-3H3. The average Bonchev–Trinajstić information content (AvgIpc) is 2.29. The highest BCUT2D eigenvalue weighted by atomic mass is 16.5. The first-order valence-electron chi connectivity index (χ1n) is 6.58. The van der Waals surface area contributed by atoms with Crippen LogP contribution in [0.2, 0.25) is 0 Å². The SMILES string of the molecule is CCCOCc1cccc(CNCC(C)C)c1. The Morgan fingerprint density at radius 2 is 2.00 bits per heavy atom. The van der Waals surface area contributed by atoms with Crippen LogP contribution < -0.4 is 5.32 Å². The summed E-state index contributed by atoms with van der Waals surface area (Å²) in [5.41, 5.74) is 2.60. The van der Waals surface area contributed by atoms with E-state index in [1.54, 1.807) is 0 Å². The smallest absolute Gasteiger partial charge is 0.0716 e. The number of hydrogen-bond donors (Lipinski definition) is 1. The van der Waals surface area contributed by atoms with E-state index >= 15 is 0 Å². The summed E-state index contributed by atoms with van der Waals surface area (Å²) in [5.74, 6) is 0.700. The lowest BCUT2D eigenvalue weighted by molar-refractivity contribution is 0.121. The Balaban J connectivity index is 2.37. The molecule has 96 valence electrons. The second-order valence-corrected chi connectivity index (χ2v) is 4.90. The maximum absolute atomic E-state index is 5.55. The predicted octanol–water partition coefficient (Wildman–Crippen LogP) is 3.36. The molecule has 0 heterocycles. The Kier molecular flexibility index (Phi) is 6.90. The topological polar surface area (TPSA) is 21.3 Å². The van der Waals surface area contributed by atoms with Gasteiger partial charge in [0.2, 0.25) is 0 Å². The zero-order chi connectivity index (χ0) is 12.5. The predicted molar refractivity (Wildman–Crippen MR) is 72.9 cm³/mol. The number of nitrogens with one attached hydrogen (secondary N) is 1. The Morgan fingerprint density at radius 3 is 2.71 bits per heavy atom. The summed E-state index contributed by atoms with van der Waals surface area (Å²) in [4.78, 5) is 0. The van der Waals surface area contributed by atoms with E-state index in [1.165, 1.54) is 11.1 Å². The van der Waals surface area contributed by atoms with Gasteiger partial charge in [-0.2, -0.15) is 0 Å². The van der Waals surface area contributed by atoms with Crippen molar-refractivity contribution in [2.75, 3.05) is 13.2 Å². The van der Waals surface area contributed by atoms with Crippen molar-refractivity contribution < 1.29 is 4.74 Å². The van der Waals surface area contributed by atoms with E-state index in [0.29, 0.717) is 5.92 Å². The van der Waals surface area contributed by atoms with Crippen LogP contribution in [0.15, 0.2) is 24.3 Å². The average molecular weight is 235 g/mol. The molecule has 2 nitrogen and oxygen atoms in total. The molecule has 0 aliphatic carbocycles. The summed E-state index contributed by atoms with van der Waals surface area (Å²) in [6.07, 6.45) is 1.08. The number of hydrogen-bond acceptors (Lipinski definition) is 2. The highest BCUT2D eigenvalue weighted by Crippen LogP contribution is 2.07. The largest absolute Gasteiger partial charge is 0.377 e. The van der Waals surface area contributed by atoms with E-state index < -0.39 is 0 Å². The molecule has 1 aromatic rings. The normalized spacial score (nSPS) is 11.1. The van der Waals surface area contributed by atoms with Gasteiger partial charge in [-0.1, -0.05) is 45.0 Å². The summed E-state index contributed by atoms with van der Waals surface area (Å²) < 4.78 is 5.55. The molecule has 0 bridgehead atoms. The molecule has 0 fully saturated rings. The third-order valence-electron chi connectivity index (χ3n) is 2.49. The van der Waals surface area contributed by atoms with Crippen molar-refractivity contribution in [1.82, 2.24) is 5.32 Å². The summed E-state index contributed by atoms with van der Waals surface area (Å²) in [6.45, 7) is 10.2. The van der Waals surface area contributed by atoms with Gasteiger partial charge in [-0.15, -0.1) is 0 Å². The Morgan fingerprint density at radius 1 is 1.24 bits per heavy atom. The molecule has 0 spiro atoms. The van der Waals surface area contributed by atoms with Gasteiger partial charge in [0, 0.05) is 13.2 Å². The molecule has 0 saturated heterocycles. The monoisotopic (exact) mass is 235 g/mol. The Bertz CT molecular complexity index is 310. The van der Waals surface area contributed by atoms with Crippen molar-refractivity contribution >= 4 is 0 Å². The molecular formula is C15H25NO. The summed E-state index contributed by atoms with van der Waals surface area (Å²) in [6, 6.07) is 8.62. The first-order valence-corrected chi connectivity index (χ1v) is 6.58. The van der Waals surface area contributed by atoms with Crippen LogP contribution in [0, 0.1) is 5.92 Å². The summed E-state index contributed by atoms with van der Waals surface area (Å²) in [7, 11) is 0. The van der Waals surface area contributed by atoms with Crippen LogP contribution in [-0.4, -0.2) is 13.2 Å². The van der Waals surface area contributed by atoms with E-state index in [1.807, 2.05) is 0 Å². The molecule has 0 radical (unpaired) electrons. The van der Waals surface area contributed by atoms with Crippen LogP contribution in [-0.2, 0) is 17.9 Å². The molecule has 17 heavy (non-hydrogen) atoms. The van der Waals surface area contributed by atoms with Crippen LogP contribution in [0.4, 0.5) is 0 Å². The van der Waals surface area contributed by atoms with Gasteiger partial charge in [0.1, 0.15) is 0 Å². The van der Waals surface area contributed by atoms with Crippen molar-refractivity contribution in [2.24, 2.45) is 5.92 Å². The third-order valence-corrected chi connectivity index (χ3v) is 2.49. The minimum atomic E-state index is 0.700. The van der Waals surface area contributed by atoms with E-state index in [-0.39, 0.29) is 0 Å². The second kappa shape index (κ2) is 8.26. The van der Waals surface area contributed by atoms with E-state index in [4.69, 9.17) is 4.74 Å². The maximum Gasteiger partial charge on any atom is 0.0716 e. The van der Waals surface area contributed by atoms with E-state index in [0.717, 1.165) is 32.7 Å². The number of rotatable bonds is 8. The van der Waals surface area contributed by atoms with Crippen molar-refractivity contribution in [3.8, 4) is 0 Å². The van der Waals surface area contributed by atoms with Gasteiger partial charge in [0.25, 0.3) is 0 Å². The summed E-state index contributed by atoms with van der Waals surface area (Å²) >= 11 is 0. The van der Waals surface area contributed by atoms with Gasteiger partial charge in [0.15, 0.2) is 0 Å². The Hall–Kier alpha value is -0.860. The molecule has 1 rings (SSSR count). The molecule has 0 aliphatic rings. The highest BCUT2D eigenvalue weighted by molar-refractivity contribution is 5.22. The molecule has 0 amide bonds. The van der Waals surface area contributed by atoms with Gasteiger partial charge in [-0.05, 0) is 30.0 Å². The fourth-order valence-electron chi connectivity index (χ4n) is 1.67. The van der Waals surface area contributed by atoms with Crippen molar-refractivity contribution in [3.63, 3.8) is 0 Å². The molecule has 2 heteroatoms. The third kappa shape index (κ3) is 6.44. The molecule has 1 aromatic carbocycles. The minimum Gasteiger partial charge on any atom is -0.377 e. The molecule has 0 saturated carbocycles. The van der Waals surface area contributed by atoms with Crippen LogP contribution in [0.5, 0.6) is 0 Å². The van der Waals surface area contributed by atoms with Gasteiger partial charge < -0.3 is 10.1 Å². The van der Waals surface area contributed by atoms with Crippen LogP contribution in [0.1, 0.15) is 38.3 Å². The van der Waals surface area contributed by atoms with Crippen molar-refractivity contribution in [1.29, 1.82) is 0 Å². The van der Waals surface area contributed by atoms with Crippen molar-refractivity contribution in [3.05, 3.63) is 35.4 Å². The first-order chi connectivity index (χ1) is 8.22. The van der Waals surface area contributed by atoms with Gasteiger partial charge in [0.05, 0.1) is 6.61 Å². The fraction of sp³-hybridized carbons (Fsp3) is 0.600. The molecule has 0 unspecified atom stereocenters. The zero-order valence-electron chi connectivity index (χ0n) is 11.3. The highest BCUT2D eigenvalue weighted by Gasteiger charge is 1.97. The molecule has 1 N–H and O–H groups in total. The molecule has 0 atom stereocenters. The van der Waals surface area contributed by atoms with Gasteiger partial charge in [-0.3, -0.25) is 0 Å². The molecular weight excluding hydrogens is 210 g/mol. The lowest BCUT2D eigenvalue weighted by atomic mass is 10.1. The first kappa shape index (κ1) is 14.2. The summed E-state index contributed by atoms with van der Waals surface area (Å²) in [5, 5.41) is 3.45. The second-order valence-electron chi connectivity index (χ2n) is 4.90. The molecule has 0 aromatic heterocycles. The Labute approximate surface area is 105 Å². The van der Waals surface area contributed by atoms with Gasteiger partial charge >= 0.3 is 0 Å². The lowest BCUT2D eigenvalue weighted by Gasteiger charge is -2.09. The van der Waals surface area contributed by atoms with Gasteiger partial charge in [-0.25, -0.2) is 0 Å². The van der Waals surface area contributed by atoms with Crippen LogP contribution >= 0.6 is 0 Å².